The van der Waals surface area contributed by atoms with Gasteiger partial charge in [-0.25, -0.2) is 8.42 Å². The van der Waals surface area contributed by atoms with Crippen LogP contribution in [0.5, 0.6) is 5.75 Å². The molecule has 0 aliphatic carbocycles. The standard InChI is InChI=1S/C11H16O4S/c1-3-9(12)8-15-10-4-6-11(7-5-10)16(2,13)14/h4-7,9,12H,3,8H2,1-2H3. The van der Waals surface area contributed by atoms with Gasteiger partial charge in [0.25, 0.3) is 0 Å². The van der Waals surface area contributed by atoms with E-state index >= 15 is 0 Å². The molecule has 4 nitrogen and oxygen atoms in total. The van der Waals surface area contributed by atoms with Crippen molar-refractivity contribution >= 4 is 9.84 Å². The average molecular weight is 244 g/mol. The molecule has 0 saturated carbocycles. The van der Waals surface area contributed by atoms with E-state index in [1.54, 1.807) is 12.1 Å². The summed E-state index contributed by atoms with van der Waals surface area (Å²) in [6.45, 7) is 2.08. The number of aliphatic hydroxyl groups is 1. The fraction of sp³-hybridized carbons (Fsp3) is 0.455. The van der Waals surface area contributed by atoms with Crippen LogP contribution in [0.2, 0.25) is 0 Å². The van der Waals surface area contributed by atoms with Crippen LogP contribution in [-0.2, 0) is 9.84 Å². The van der Waals surface area contributed by atoms with Crippen molar-refractivity contribution in [2.75, 3.05) is 12.9 Å². The van der Waals surface area contributed by atoms with Gasteiger partial charge in [0.15, 0.2) is 9.84 Å². The highest BCUT2D eigenvalue weighted by Crippen LogP contribution is 2.16. The van der Waals surface area contributed by atoms with Crippen molar-refractivity contribution in [3.63, 3.8) is 0 Å². The molecule has 0 heterocycles. The van der Waals surface area contributed by atoms with E-state index in [9.17, 15) is 13.5 Å². The molecule has 0 radical (unpaired) electrons. The van der Waals surface area contributed by atoms with E-state index in [1.807, 2.05) is 6.92 Å². The molecule has 1 unspecified atom stereocenters. The maximum atomic E-state index is 11.2. The van der Waals surface area contributed by atoms with Gasteiger partial charge in [-0.15, -0.1) is 0 Å². The van der Waals surface area contributed by atoms with Gasteiger partial charge in [0, 0.05) is 6.26 Å². The van der Waals surface area contributed by atoms with Gasteiger partial charge >= 0.3 is 0 Å². The molecule has 0 fully saturated rings. The number of rotatable bonds is 5. The van der Waals surface area contributed by atoms with Crippen LogP contribution in [0.15, 0.2) is 29.2 Å². The summed E-state index contributed by atoms with van der Waals surface area (Å²) in [5.74, 6) is 0.555. The van der Waals surface area contributed by atoms with E-state index in [2.05, 4.69) is 0 Å². The third-order valence-corrected chi connectivity index (χ3v) is 3.29. The number of hydrogen-bond acceptors (Lipinski definition) is 4. The van der Waals surface area contributed by atoms with Crippen molar-refractivity contribution in [3.05, 3.63) is 24.3 Å². The molecule has 0 aliphatic rings. The Bertz CT molecular complexity index is 422. The van der Waals surface area contributed by atoms with Gasteiger partial charge in [0.1, 0.15) is 12.4 Å². The van der Waals surface area contributed by atoms with Gasteiger partial charge < -0.3 is 9.84 Å². The van der Waals surface area contributed by atoms with E-state index in [-0.39, 0.29) is 11.5 Å². The van der Waals surface area contributed by atoms with Gasteiger partial charge in [0.2, 0.25) is 0 Å². The van der Waals surface area contributed by atoms with Crippen LogP contribution in [0, 0.1) is 0 Å². The van der Waals surface area contributed by atoms with Crippen molar-refractivity contribution < 1.29 is 18.3 Å². The molecular weight excluding hydrogens is 228 g/mol. The molecule has 1 aromatic rings. The van der Waals surface area contributed by atoms with Crippen LogP contribution in [0.4, 0.5) is 0 Å². The van der Waals surface area contributed by atoms with Crippen LogP contribution in [0.3, 0.4) is 0 Å². The van der Waals surface area contributed by atoms with Crippen molar-refractivity contribution in [2.24, 2.45) is 0 Å². The maximum absolute atomic E-state index is 11.2. The Hall–Kier alpha value is -1.07. The molecule has 0 saturated heterocycles. The van der Waals surface area contributed by atoms with E-state index in [0.29, 0.717) is 12.2 Å². The Kier molecular flexibility index (Phi) is 4.32. The highest BCUT2D eigenvalue weighted by molar-refractivity contribution is 7.90. The Morgan fingerprint density at radius 1 is 1.31 bits per heavy atom. The lowest BCUT2D eigenvalue weighted by atomic mass is 10.3. The van der Waals surface area contributed by atoms with Gasteiger partial charge in [-0.2, -0.15) is 0 Å². The lowest BCUT2D eigenvalue weighted by Gasteiger charge is -2.10. The molecular formula is C11H16O4S. The second-order valence-electron chi connectivity index (χ2n) is 3.62. The molecule has 0 aliphatic heterocycles. The summed E-state index contributed by atoms with van der Waals surface area (Å²) in [5, 5.41) is 9.28. The van der Waals surface area contributed by atoms with Crippen LogP contribution in [-0.4, -0.2) is 32.5 Å². The molecule has 0 spiro atoms. The molecule has 1 rings (SSSR count). The third-order valence-electron chi connectivity index (χ3n) is 2.17. The highest BCUT2D eigenvalue weighted by Gasteiger charge is 2.07. The van der Waals surface area contributed by atoms with E-state index in [4.69, 9.17) is 4.74 Å². The zero-order valence-electron chi connectivity index (χ0n) is 9.38. The van der Waals surface area contributed by atoms with Crippen LogP contribution in [0.25, 0.3) is 0 Å². The molecule has 1 atom stereocenters. The highest BCUT2D eigenvalue weighted by atomic mass is 32.2. The van der Waals surface area contributed by atoms with Crippen molar-refractivity contribution in [3.8, 4) is 5.75 Å². The lowest BCUT2D eigenvalue weighted by molar-refractivity contribution is 0.104. The summed E-state index contributed by atoms with van der Waals surface area (Å²) in [6.07, 6.45) is 1.29. The summed E-state index contributed by atoms with van der Waals surface area (Å²) in [7, 11) is -3.16. The largest absolute Gasteiger partial charge is 0.491 e. The second-order valence-corrected chi connectivity index (χ2v) is 5.63. The fourth-order valence-corrected chi connectivity index (χ4v) is 1.72. The smallest absolute Gasteiger partial charge is 0.175 e. The van der Waals surface area contributed by atoms with Gasteiger partial charge in [-0.3, -0.25) is 0 Å². The Morgan fingerprint density at radius 2 is 1.88 bits per heavy atom. The minimum absolute atomic E-state index is 0.217. The fourth-order valence-electron chi connectivity index (χ4n) is 1.09. The molecule has 16 heavy (non-hydrogen) atoms. The van der Waals surface area contributed by atoms with Gasteiger partial charge in [-0.05, 0) is 30.7 Å². The number of aliphatic hydroxyl groups excluding tert-OH is 1. The molecule has 90 valence electrons. The summed E-state index contributed by atoms with van der Waals surface area (Å²) in [6, 6.07) is 6.14. The summed E-state index contributed by atoms with van der Waals surface area (Å²) >= 11 is 0. The lowest BCUT2D eigenvalue weighted by Crippen LogP contribution is -2.15. The number of sulfone groups is 1. The van der Waals surface area contributed by atoms with Crippen molar-refractivity contribution in [1.82, 2.24) is 0 Å². The number of ether oxygens (including phenoxy) is 1. The zero-order valence-corrected chi connectivity index (χ0v) is 10.2. The first kappa shape index (κ1) is 13.0. The average Bonchev–Trinajstić information content (AvgIpc) is 2.25. The first-order valence-electron chi connectivity index (χ1n) is 5.04. The topological polar surface area (TPSA) is 63.6 Å². The SMILES string of the molecule is CCC(O)COc1ccc(S(C)(=O)=O)cc1. The van der Waals surface area contributed by atoms with Crippen LogP contribution in [0.1, 0.15) is 13.3 Å². The molecule has 5 heteroatoms. The molecule has 0 aromatic heterocycles. The molecule has 0 amide bonds. The molecule has 1 N–H and O–H groups in total. The van der Waals surface area contributed by atoms with Crippen molar-refractivity contribution in [1.29, 1.82) is 0 Å². The van der Waals surface area contributed by atoms with Gasteiger partial charge in [-0.1, -0.05) is 6.92 Å². The second kappa shape index (κ2) is 5.32. The predicted octanol–water partition coefficient (Wildman–Crippen LogP) is 1.24. The van der Waals surface area contributed by atoms with Gasteiger partial charge in [0.05, 0.1) is 11.0 Å². The van der Waals surface area contributed by atoms with Crippen molar-refractivity contribution in [2.45, 2.75) is 24.3 Å². The third kappa shape index (κ3) is 3.83. The summed E-state index contributed by atoms with van der Waals surface area (Å²) < 4.78 is 27.6. The minimum atomic E-state index is -3.16. The Balaban J connectivity index is 2.66. The van der Waals surface area contributed by atoms with Crippen LogP contribution < -0.4 is 4.74 Å². The predicted molar refractivity (Wildman–Crippen MR) is 61.3 cm³/mol. The maximum Gasteiger partial charge on any atom is 0.175 e. The monoisotopic (exact) mass is 244 g/mol. The van der Waals surface area contributed by atoms with E-state index in [0.717, 1.165) is 6.26 Å². The summed E-state index contributed by atoms with van der Waals surface area (Å²) in [4.78, 5) is 0.260. The Labute approximate surface area is 95.8 Å². The first-order valence-corrected chi connectivity index (χ1v) is 6.93. The van der Waals surface area contributed by atoms with E-state index in [1.165, 1.54) is 12.1 Å². The van der Waals surface area contributed by atoms with Crippen LogP contribution >= 0.6 is 0 Å². The Morgan fingerprint density at radius 3 is 2.31 bits per heavy atom. The normalized spacial score (nSPS) is 13.4. The minimum Gasteiger partial charge on any atom is -0.491 e. The number of hydrogen-bond donors (Lipinski definition) is 1. The zero-order chi connectivity index (χ0) is 12.2. The number of benzene rings is 1. The first-order chi connectivity index (χ1) is 7.43. The quantitative estimate of drug-likeness (QED) is 0.846. The molecule has 0 bridgehead atoms. The molecule has 1 aromatic carbocycles. The van der Waals surface area contributed by atoms with E-state index < -0.39 is 15.9 Å². The summed E-state index contributed by atoms with van der Waals surface area (Å²) in [5.41, 5.74) is 0.